The van der Waals surface area contributed by atoms with Crippen LogP contribution in [0.3, 0.4) is 0 Å². The second-order valence-electron chi connectivity index (χ2n) is 0.624. The number of hydrogen-bond donors (Lipinski definition) is 0. The Morgan fingerprint density at radius 3 is 3.20 bits per heavy atom. The van der Waals surface area contributed by atoms with Crippen LogP contribution in [0.15, 0.2) is 10.8 Å². The van der Waals surface area contributed by atoms with Crippen molar-refractivity contribution in [2.75, 3.05) is 0 Å². The van der Waals surface area contributed by atoms with Gasteiger partial charge in [-0.05, 0) is 0 Å². The number of hydrogen-bond acceptors (Lipinski definition) is 2. The van der Waals surface area contributed by atoms with Crippen LogP contribution in [-0.4, -0.2) is 12.1 Å². The van der Waals surface area contributed by atoms with E-state index in [-0.39, 0.29) is 0 Å². The molecule has 1 aromatic rings. The van der Waals surface area contributed by atoms with Crippen LogP contribution in [0.2, 0.25) is 0 Å². The van der Waals surface area contributed by atoms with Crippen molar-refractivity contribution in [1.29, 1.82) is 0 Å². The van der Waals surface area contributed by atoms with E-state index in [1.807, 2.05) is 0 Å². The molecular formula is C2HBNO-. The summed E-state index contributed by atoms with van der Waals surface area (Å²) in [6.45, 7) is 0. The summed E-state index contributed by atoms with van der Waals surface area (Å²) in [4.78, 5) is 0. The molecule has 0 unspecified atom stereocenters. The third-order valence-electron chi connectivity index (χ3n) is 0.309. The van der Waals surface area contributed by atoms with Crippen LogP contribution in [0.5, 0.6) is 0 Å². The Morgan fingerprint density at radius 1 is 2.00 bits per heavy atom. The van der Waals surface area contributed by atoms with Crippen molar-refractivity contribution in [2.24, 2.45) is 0 Å². The van der Waals surface area contributed by atoms with Crippen molar-refractivity contribution in [3.63, 3.8) is 0 Å². The first-order chi connectivity index (χ1) is 2.50. The van der Waals surface area contributed by atoms with Gasteiger partial charge in [-0.1, -0.05) is 0 Å². The second kappa shape index (κ2) is 1.01. The summed E-state index contributed by atoms with van der Waals surface area (Å²) < 4.78 is 4.28. The van der Waals surface area contributed by atoms with E-state index in [1.165, 1.54) is 13.3 Å². The molecule has 5 heavy (non-hydrogen) atoms. The van der Waals surface area contributed by atoms with Gasteiger partial charge >= 0.3 is 28.9 Å². The first kappa shape index (κ1) is 2.63. The Morgan fingerprint density at radius 2 is 3.00 bits per heavy atom. The summed E-state index contributed by atoms with van der Waals surface area (Å²) in [6, 6.07) is 0. The summed E-state index contributed by atoms with van der Waals surface area (Å²) in [5, 5.41) is 3.29. The molecule has 0 saturated heterocycles. The Kier molecular flexibility index (Phi) is 0.534. The SMILES string of the molecule is b1[c-]con1. The average Bonchev–Trinajstić information content (AvgIpc) is 1.76. The fourth-order valence-electron chi connectivity index (χ4n) is 0.152. The van der Waals surface area contributed by atoms with E-state index < -0.39 is 0 Å². The van der Waals surface area contributed by atoms with E-state index in [9.17, 15) is 0 Å². The molecule has 0 aliphatic heterocycles. The van der Waals surface area contributed by atoms with Crippen molar-refractivity contribution in [1.82, 2.24) is 5.06 Å². The molecule has 2 nitrogen and oxygen atoms in total. The minimum absolute atomic E-state index is 1.39. The fraction of sp³-hybridized carbons (Fsp3) is 0. The molecular weight excluding hydrogens is 64.8 g/mol. The molecule has 1 aromatic heterocycles. The third kappa shape index (κ3) is 0.346. The van der Waals surface area contributed by atoms with E-state index >= 15 is 0 Å². The summed E-state index contributed by atoms with van der Waals surface area (Å²) >= 11 is 0. The zero-order valence-electron chi connectivity index (χ0n) is 2.51. The van der Waals surface area contributed by atoms with E-state index in [2.05, 4.69) is 15.5 Å². The second-order valence-corrected chi connectivity index (χ2v) is 0.624. The first-order valence-corrected chi connectivity index (χ1v) is 1.25. The van der Waals surface area contributed by atoms with Crippen molar-refractivity contribution >= 4 is 7.05 Å². The van der Waals surface area contributed by atoms with Gasteiger partial charge in [-0.25, -0.2) is 0 Å². The predicted molar refractivity (Wildman–Crippen MR) is 16.7 cm³/mol. The molecule has 0 N–H and O–H groups in total. The van der Waals surface area contributed by atoms with Gasteiger partial charge < -0.3 is 0 Å². The monoisotopic (exact) mass is 66.0 g/mol. The zero-order valence-corrected chi connectivity index (χ0v) is 2.51. The molecule has 3 heteroatoms. The Hall–Kier alpha value is -0.595. The topological polar surface area (TPSA) is 26.0 Å². The van der Waals surface area contributed by atoms with E-state index in [4.69, 9.17) is 0 Å². The van der Waals surface area contributed by atoms with E-state index in [0.29, 0.717) is 0 Å². The van der Waals surface area contributed by atoms with Crippen LogP contribution in [0, 0.1) is 5.96 Å². The maximum absolute atomic E-state index is 4.28. The summed E-state index contributed by atoms with van der Waals surface area (Å²) in [6.07, 6.45) is 1.39. The van der Waals surface area contributed by atoms with Gasteiger partial charge in [-0.3, -0.25) is 0 Å². The van der Waals surface area contributed by atoms with Gasteiger partial charge in [-0.15, -0.1) is 0 Å². The van der Waals surface area contributed by atoms with Gasteiger partial charge in [0.1, 0.15) is 0 Å². The van der Waals surface area contributed by atoms with Gasteiger partial charge in [0.25, 0.3) is 0 Å². The number of aromatic nitrogens is 1. The van der Waals surface area contributed by atoms with Crippen molar-refractivity contribution in [3.05, 3.63) is 12.2 Å². The Bertz CT molecular complexity index is 66.1. The van der Waals surface area contributed by atoms with Gasteiger partial charge in [0.2, 0.25) is 0 Å². The zero-order chi connectivity index (χ0) is 3.54. The van der Waals surface area contributed by atoms with Gasteiger partial charge in [-0.2, -0.15) is 0 Å². The molecule has 0 fully saturated rings. The molecule has 1 rings (SSSR count). The van der Waals surface area contributed by atoms with Crippen LogP contribution in [0.4, 0.5) is 0 Å². The molecule has 24 valence electrons. The first-order valence-electron chi connectivity index (χ1n) is 1.25. The van der Waals surface area contributed by atoms with Crippen LogP contribution in [0.25, 0.3) is 0 Å². The molecule has 0 atom stereocenters. The average molecular weight is 65.8 g/mol. The van der Waals surface area contributed by atoms with Crippen LogP contribution < -0.4 is 0 Å². The Labute approximate surface area is 30.0 Å². The van der Waals surface area contributed by atoms with Crippen molar-refractivity contribution < 1.29 is 4.52 Å². The normalized spacial score (nSPS) is 7.20. The maximum atomic E-state index is 4.28. The molecule has 1 heterocycles. The molecule has 0 aliphatic rings. The van der Waals surface area contributed by atoms with Gasteiger partial charge in [0.05, 0.1) is 0 Å². The third-order valence-corrected chi connectivity index (χ3v) is 0.309. The minimum atomic E-state index is 1.39. The van der Waals surface area contributed by atoms with Gasteiger partial charge in [0, 0.05) is 0 Å². The van der Waals surface area contributed by atoms with Crippen LogP contribution in [0.1, 0.15) is 0 Å². The molecule has 0 spiro atoms. The molecule has 0 bridgehead atoms. The predicted octanol–water partition coefficient (Wildman–Crippen LogP) is -0.187. The molecule has 0 amide bonds. The number of nitrogens with zero attached hydrogens (tertiary/aromatic N) is 1. The van der Waals surface area contributed by atoms with Crippen LogP contribution >= 0.6 is 0 Å². The fourth-order valence-corrected chi connectivity index (χ4v) is 0.152. The molecule has 0 saturated carbocycles. The van der Waals surface area contributed by atoms with Crippen molar-refractivity contribution in [2.45, 2.75) is 0 Å². The summed E-state index contributed by atoms with van der Waals surface area (Å²) in [7, 11) is 1.46. The quantitative estimate of drug-likeness (QED) is 0.392. The van der Waals surface area contributed by atoms with E-state index in [0.717, 1.165) is 0 Å². The Balaban J connectivity index is 3.13. The molecule has 0 radical (unpaired) electrons. The van der Waals surface area contributed by atoms with E-state index in [1.54, 1.807) is 0 Å². The summed E-state index contributed by atoms with van der Waals surface area (Å²) in [5.41, 5.74) is 0. The number of rotatable bonds is 0. The summed E-state index contributed by atoms with van der Waals surface area (Å²) in [5.74, 6) is 2.58. The van der Waals surface area contributed by atoms with Gasteiger partial charge in [0.15, 0.2) is 0 Å². The van der Waals surface area contributed by atoms with Crippen molar-refractivity contribution in [3.8, 4) is 0 Å². The van der Waals surface area contributed by atoms with Crippen LogP contribution in [-0.2, 0) is 0 Å². The molecule has 0 aliphatic carbocycles. The standard InChI is InChI=1S/C2HBNO/c1-2-5-4-3-1/h2H/q-1. The molecule has 0 aromatic carbocycles.